The van der Waals surface area contributed by atoms with Crippen LogP contribution in [0.4, 0.5) is 17.1 Å². The maximum atomic E-state index is 13.5. The molecule has 0 saturated heterocycles. The van der Waals surface area contributed by atoms with E-state index in [-0.39, 0.29) is 36.2 Å². The number of ether oxygens (including phenoxy) is 1. The van der Waals surface area contributed by atoms with Gasteiger partial charge in [0.25, 0.3) is 5.91 Å². The van der Waals surface area contributed by atoms with Crippen LogP contribution in [0.25, 0.3) is 10.9 Å². The molecule has 0 aliphatic heterocycles. The van der Waals surface area contributed by atoms with E-state index in [9.17, 15) is 18.0 Å². The number of sulfonamides is 1. The number of rotatable bonds is 13. The quantitative estimate of drug-likeness (QED) is 0.102. The van der Waals surface area contributed by atoms with Gasteiger partial charge in [0.15, 0.2) is 0 Å². The fourth-order valence-electron chi connectivity index (χ4n) is 5.25. The molecule has 0 aliphatic rings. The van der Waals surface area contributed by atoms with Gasteiger partial charge in [0, 0.05) is 54.5 Å². The second-order valence-corrected chi connectivity index (χ2v) is 13.7. The third-order valence-corrected chi connectivity index (χ3v) is 9.66. The van der Waals surface area contributed by atoms with Crippen LogP contribution in [0.5, 0.6) is 5.75 Å². The largest absolute Gasteiger partial charge is 0.497 e. The molecule has 1 aromatic heterocycles. The third-order valence-electron chi connectivity index (χ3n) is 7.94. The van der Waals surface area contributed by atoms with Crippen molar-refractivity contribution in [2.75, 3.05) is 39.2 Å². The number of hydrogen-bond donors (Lipinski definition) is 2. The number of amides is 1. The second-order valence-electron chi connectivity index (χ2n) is 11.5. The van der Waals surface area contributed by atoms with Crippen LogP contribution in [0.15, 0.2) is 106 Å². The first-order valence-electron chi connectivity index (χ1n) is 15.5. The minimum absolute atomic E-state index is 0.0210. The lowest BCUT2D eigenvalue weighted by molar-refractivity contribution is -0.120. The lowest BCUT2D eigenvalue weighted by Crippen LogP contribution is -2.30. The number of halogens is 1. The highest BCUT2D eigenvalue weighted by Crippen LogP contribution is 2.31. The van der Waals surface area contributed by atoms with Crippen LogP contribution in [0, 0.1) is 6.92 Å². The van der Waals surface area contributed by atoms with Crippen molar-refractivity contribution < 1.29 is 22.7 Å². The van der Waals surface area contributed by atoms with E-state index in [1.54, 1.807) is 67.1 Å². The molecule has 0 fully saturated rings. The molecule has 0 radical (unpaired) electrons. The molecule has 1 amide bonds. The minimum Gasteiger partial charge on any atom is -0.497 e. The SMILES string of the molecule is COc1ccc2c(c1)c(CC(=O)NCCCNS(=O)(=O)c1ccc(N=Nc3ccc(N(C)C)cc3)cc1)c(C)n2C(=O)c1ccc(Cl)cc1. The van der Waals surface area contributed by atoms with Crippen LogP contribution in [0.1, 0.15) is 28.0 Å². The van der Waals surface area contributed by atoms with Crippen molar-refractivity contribution >= 4 is 61.4 Å². The number of fused-ring (bicyclic) bond motifs is 1. The Hall–Kier alpha value is -5.04. The number of carbonyl (C=O) groups excluding carboxylic acids is 2. The molecule has 49 heavy (non-hydrogen) atoms. The molecule has 254 valence electrons. The van der Waals surface area contributed by atoms with Gasteiger partial charge in [0.05, 0.1) is 35.3 Å². The first kappa shape index (κ1) is 35.3. The summed E-state index contributed by atoms with van der Waals surface area (Å²) in [7, 11) is 1.70. The van der Waals surface area contributed by atoms with E-state index >= 15 is 0 Å². The Morgan fingerprint density at radius 1 is 0.878 bits per heavy atom. The summed E-state index contributed by atoms with van der Waals surface area (Å²) in [6.45, 7) is 2.18. The second kappa shape index (κ2) is 15.5. The number of nitrogens with one attached hydrogen (secondary N) is 2. The zero-order chi connectivity index (χ0) is 35.1. The van der Waals surface area contributed by atoms with Gasteiger partial charge in [-0.25, -0.2) is 13.1 Å². The highest BCUT2D eigenvalue weighted by molar-refractivity contribution is 7.89. The first-order chi connectivity index (χ1) is 23.5. The summed E-state index contributed by atoms with van der Waals surface area (Å²) in [6, 6.07) is 25.7. The molecule has 0 bridgehead atoms. The molecule has 2 N–H and O–H groups in total. The maximum absolute atomic E-state index is 13.5. The lowest BCUT2D eigenvalue weighted by Gasteiger charge is -2.11. The van der Waals surface area contributed by atoms with Gasteiger partial charge >= 0.3 is 0 Å². The molecule has 5 aromatic rings. The minimum atomic E-state index is -3.77. The number of nitrogens with zero attached hydrogens (tertiary/aromatic N) is 4. The van der Waals surface area contributed by atoms with Crippen molar-refractivity contribution in [2.24, 2.45) is 10.2 Å². The number of aromatic nitrogens is 1. The van der Waals surface area contributed by atoms with Gasteiger partial charge in [-0.05, 0) is 110 Å². The molecule has 13 heteroatoms. The smallest absolute Gasteiger partial charge is 0.262 e. The number of anilines is 1. The summed E-state index contributed by atoms with van der Waals surface area (Å²) >= 11 is 6.02. The van der Waals surface area contributed by atoms with E-state index < -0.39 is 10.0 Å². The van der Waals surface area contributed by atoms with Crippen LogP contribution < -0.4 is 19.7 Å². The van der Waals surface area contributed by atoms with E-state index in [4.69, 9.17) is 16.3 Å². The molecule has 0 atom stereocenters. The third kappa shape index (κ3) is 8.52. The molecule has 11 nitrogen and oxygen atoms in total. The molecule has 5 rings (SSSR count). The molecule has 4 aromatic carbocycles. The Morgan fingerprint density at radius 3 is 2.12 bits per heavy atom. The van der Waals surface area contributed by atoms with E-state index in [1.807, 2.05) is 49.3 Å². The Labute approximate surface area is 290 Å². The standard InChI is InChI=1S/C36H37ClN6O5S/c1-24-32(33-22-30(48-4)16-19-34(33)43(24)36(45)25-6-8-26(37)9-7-25)23-35(44)38-20-5-21-39-49(46,47)31-17-12-28(13-18-31)41-40-27-10-14-29(15-11-27)42(2)3/h6-19,22,39H,5,20-21,23H2,1-4H3,(H,38,44). The predicted molar refractivity (Wildman–Crippen MR) is 192 cm³/mol. The summed E-state index contributed by atoms with van der Waals surface area (Å²) in [5.74, 6) is 0.0982. The molecule has 1 heterocycles. The predicted octanol–water partition coefficient (Wildman–Crippen LogP) is 6.81. The van der Waals surface area contributed by atoms with Crippen molar-refractivity contribution in [3.63, 3.8) is 0 Å². The molecule has 0 spiro atoms. The van der Waals surface area contributed by atoms with Gasteiger partial charge in [-0.1, -0.05) is 11.6 Å². The van der Waals surface area contributed by atoms with Gasteiger partial charge in [0.2, 0.25) is 15.9 Å². The van der Waals surface area contributed by atoms with Gasteiger partial charge in [-0.3, -0.25) is 14.2 Å². The number of hydrogen-bond acceptors (Lipinski definition) is 8. The van der Waals surface area contributed by atoms with E-state index in [0.29, 0.717) is 50.9 Å². The van der Waals surface area contributed by atoms with Gasteiger partial charge in [0.1, 0.15) is 5.75 Å². The van der Waals surface area contributed by atoms with Crippen LogP contribution in [-0.2, 0) is 21.2 Å². The zero-order valence-corrected chi connectivity index (χ0v) is 29.2. The summed E-state index contributed by atoms with van der Waals surface area (Å²) in [5.41, 5.74) is 4.69. The van der Waals surface area contributed by atoms with Crippen molar-refractivity contribution in [1.29, 1.82) is 0 Å². The fourth-order valence-corrected chi connectivity index (χ4v) is 6.45. The van der Waals surface area contributed by atoms with Crippen LogP contribution in [0.3, 0.4) is 0 Å². The van der Waals surface area contributed by atoms with Crippen LogP contribution in [0.2, 0.25) is 5.02 Å². The van der Waals surface area contributed by atoms with Crippen molar-refractivity contribution in [3.8, 4) is 5.75 Å². The Kier molecular flexibility index (Phi) is 11.1. The molecule has 0 unspecified atom stereocenters. The van der Waals surface area contributed by atoms with Crippen molar-refractivity contribution in [3.05, 3.63) is 113 Å². The Morgan fingerprint density at radius 2 is 1.51 bits per heavy atom. The normalized spacial score (nSPS) is 11.6. The number of carbonyl (C=O) groups is 2. The summed E-state index contributed by atoms with van der Waals surface area (Å²) in [5, 5.41) is 12.5. The van der Waals surface area contributed by atoms with E-state index in [2.05, 4.69) is 20.3 Å². The van der Waals surface area contributed by atoms with E-state index in [1.165, 1.54) is 12.1 Å². The lowest BCUT2D eigenvalue weighted by atomic mass is 10.1. The average Bonchev–Trinajstić information content (AvgIpc) is 3.37. The molecule has 0 aliphatic carbocycles. The summed E-state index contributed by atoms with van der Waals surface area (Å²) < 4.78 is 35.2. The monoisotopic (exact) mass is 700 g/mol. The molecular formula is C36H37ClN6O5S. The summed E-state index contributed by atoms with van der Waals surface area (Å²) in [6.07, 6.45) is 0.390. The Balaban J connectivity index is 1.16. The maximum Gasteiger partial charge on any atom is 0.262 e. The number of methoxy groups -OCH3 is 1. The van der Waals surface area contributed by atoms with Gasteiger partial charge in [-0.2, -0.15) is 10.2 Å². The molecule has 0 saturated carbocycles. The molecular weight excluding hydrogens is 664 g/mol. The first-order valence-corrected chi connectivity index (χ1v) is 17.4. The zero-order valence-electron chi connectivity index (χ0n) is 27.6. The fraction of sp³-hybridized carbons (Fsp3) is 0.222. The van der Waals surface area contributed by atoms with Crippen molar-refractivity contribution in [1.82, 2.24) is 14.6 Å². The Bertz CT molecular complexity index is 2090. The average molecular weight is 701 g/mol. The number of benzene rings is 4. The highest BCUT2D eigenvalue weighted by Gasteiger charge is 2.22. The van der Waals surface area contributed by atoms with Crippen LogP contribution >= 0.6 is 11.6 Å². The topological polar surface area (TPSA) is 134 Å². The van der Waals surface area contributed by atoms with Gasteiger partial charge < -0.3 is 15.0 Å². The summed E-state index contributed by atoms with van der Waals surface area (Å²) in [4.78, 5) is 28.6. The highest BCUT2D eigenvalue weighted by atomic mass is 35.5. The number of azo groups is 1. The van der Waals surface area contributed by atoms with Crippen molar-refractivity contribution in [2.45, 2.75) is 24.7 Å². The van der Waals surface area contributed by atoms with Crippen LogP contribution in [-0.4, -0.2) is 59.1 Å². The van der Waals surface area contributed by atoms with E-state index in [0.717, 1.165) is 11.1 Å². The van der Waals surface area contributed by atoms with Gasteiger partial charge in [-0.15, -0.1) is 0 Å².